The van der Waals surface area contributed by atoms with E-state index in [1.165, 1.54) is 0 Å². The van der Waals surface area contributed by atoms with Gasteiger partial charge in [0.15, 0.2) is 0 Å². The molecule has 1 aromatic heterocycles. The second kappa shape index (κ2) is 7.35. The van der Waals surface area contributed by atoms with Crippen LogP contribution in [-0.2, 0) is 4.79 Å². The highest BCUT2D eigenvalue weighted by molar-refractivity contribution is 6.32. The maximum absolute atomic E-state index is 10.8. The van der Waals surface area contributed by atoms with Crippen LogP contribution in [0.25, 0.3) is 0 Å². The number of nitrogens with one attached hydrogen (secondary N) is 1. The van der Waals surface area contributed by atoms with E-state index in [2.05, 4.69) is 20.2 Å². The van der Waals surface area contributed by atoms with E-state index < -0.39 is 0 Å². The van der Waals surface area contributed by atoms with Crippen molar-refractivity contribution in [3.05, 3.63) is 35.5 Å². The van der Waals surface area contributed by atoms with Gasteiger partial charge in [0, 0.05) is 38.1 Å². The van der Waals surface area contributed by atoms with Gasteiger partial charge in [0.1, 0.15) is 11.6 Å². The SMILES string of the molecule is COc1ccc(Nc2nccc(N3CCN(C=O)CC3)n2)cc1Cl. The van der Waals surface area contributed by atoms with E-state index in [9.17, 15) is 4.79 Å². The summed E-state index contributed by atoms with van der Waals surface area (Å²) in [5, 5.41) is 3.66. The van der Waals surface area contributed by atoms with Gasteiger partial charge >= 0.3 is 0 Å². The minimum atomic E-state index is 0.492. The number of amides is 1. The first-order valence-electron chi connectivity index (χ1n) is 7.57. The molecule has 0 spiro atoms. The molecule has 24 heavy (non-hydrogen) atoms. The van der Waals surface area contributed by atoms with E-state index in [0.29, 0.717) is 29.8 Å². The van der Waals surface area contributed by atoms with E-state index in [1.807, 2.05) is 12.1 Å². The molecule has 1 aromatic carbocycles. The third-order valence-corrected chi connectivity index (χ3v) is 4.13. The molecule has 1 aliphatic rings. The van der Waals surface area contributed by atoms with Gasteiger partial charge in [-0.1, -0.05) is 11.6 Å². The Morgan fingerprint density at radius 1 is 1.25 bits per heavy atom. The predicted molar refractivity (Wildman–Crippen MR) is 93.2 cm³/mol. The van der Waals surface area contributed by atoms with Crippen molar-refractivity contribution in [3.8, 4) is 5.75 Å². The number of halogens is 1. The lowest BCUT2D eigenvalue weighted by Gasteiger charge is -2.33. The first-order valence-corrected chi connectivity index (χ1v) is 7.95. The lowest BCUT2D eigenvalue weighted by atomic mass is 10.3. The summed E-state index contributed by atoms with van der Waals surface area (Å²) in [6.45, 7) is 2.90. The molecule has 1 aliphatic heterocycles. The zero-order valence-corrected chi connectivity index (χ0v) is 14.0. The predicted octanol–water partition coefficient (Wildman–Crippen LogP) is 2.16. The van der Waals surface area contributed by atoms with Gasteiger partial charge in [0.25, 0.3) is 0 Å². The average molecular weight is 348 g/mol. The molecule has 126 valence electrons. The summed E-state index contributed by atoms with van der Waals surface area (Å²) in [5.41, 5.74) is 0.781. The lowest BCUT2D eigenvalue weighted by Crippen LogP contribution is -2.46. The Hall–Kier alpha value is -2.54. The van der Waals surface area contributed by atoms with Gasteiger partial charge in [-0.05, 0) is 24.3 Å². The number of anilines is 3. The molecule has 7 nitrogen and oxygen atoms in total. The summed E-state index contributed by atoms with van der Waals surface area (Å²) in [5.74, 6) is 1.94. The van der Waals surface area contributed by atoms with Crippen LogP contribution >= 0.6 is 11.6 Å². The Balaban J connectivity index is 1.71. The topological polar surface area (TPSA) is 70.6 Å². The highest BCUT2D eigenvalue weighted by Gasteiger charge is 2.17. The van der Waals surface area contributed by atoms with Gasteiger partial charge in [-0.15, -0.1) is 0 Å². The minimum absolute atomic E-state index is 0.492. The van der Waals surface area contributed by atoms with Crippen LogP contribution in [-0.4, -0.2) is 54.6 Å². The Morgan fingerprint density at radius 3 is 2.71 bits per heavy atom. The van der Waals surface area contributed by atoms with Crippen LogP contribution in [0.3, 0.4) is 0 Å². The Bertz CT molecular complexity index is 719. The number of piperazine rings is 1. The number of hydrogen-bond acceptors (Lipinski definition) is 6. The summed E-state index contributed by atoms with van der Waals surface area (Å²) >= 11 is 6.13. The van der Waals surface area contributed by atoms with Gasteiger partial charge in [0.2, 0.25) is 12.4 Å². The monoisotopic (exact) mass is 347 g/mol. The van der Waals surface area contributed by atoms with Gasteiger partial charge in [-0.2, -0.15) is 4.98 Å². The highest BCUT2D eigenvalue weighted by Crippen LogP contribution is 2.28. The second-order valence-electron chi connectivity index (χ2n) is 5.34. The summed E-state index contributed by atoms with van der Waals surface area (Å²) in [7, 11) is 1.57. The highest BCUT2D eigenvalue weighted by atomic mass is 35.5. The van der Waals surface area contributed by atoms with E-state index in [-0.39, 0.29) is 0 Å². The van der Waals surface area contributed by atoms with Gasteiger partial charge in [-0.3, -0.25) is 4.79 Å². The van der Waals surface area contributed by atoms with Crippen molar-refractivity contribution in [1.82, 2.24) is 14.9 Å². The molecular formula is C16H18ClN5O2. The van der Waals surface area contributed by atoms with Crippen molar-refractivity contribution < 1.29 is 9.53 Å². The molecule has 0 radical (unpaired) electrons. The molecule has 8 heteroatoms. The summed E-state index contributed by atoms with van der Waals surface area (Å²) < 4.78 is 5.14. The fourth-order valence-electron chi connectivity index (χ4n) is 2.52. The van der Waals surface area contributed by atoms with Crippen molar-refractivity contribution >= 4 is 35.5 Å². The van der Waals surface area contributed by atoms with Gasteiger partial charge < -0.3 is 19.9 Å². The first kappa shape index (κ1) is 16.3. The zero-order valence-electron chi connectivity index (χ0n) is 13.3. The maximum Gasteiger partial charge on any atom is 0.229 e. The fraction of sp³-hybridized carbons (Fsp3) is 0.312. The summed E-state index contributed by atoms with van der Waals surface area (Å²) in [4.78, 5) is 23.5. The van der Waals surface area contributed by atoms with E-state index in [4.69, 9.17) is 16.3 Å². The molecule has 1 fully saturated rings. The third kappa shape index (κ3) is 3.68. The van der Waals surface area contributed by atoms with Crippen LogP contribution in [0.5, 0.6) is 5.75 Å². The number of aromatic nitrogens is 2. The van der Waals surface area contributed by atoms with Crippen molar-refractivity contribution in [2.45, 2.75) is 0 Å². The number of nitrogens with zero attached hydrogens (tertiary/aromatic N) is 4. The second-order valence-corrected chi connectivity index (χ2v) is 5.75. The normalized spacial score (nSPS) is 14.4. The van der Waals surface area contributed by atoms with Crippen LogP contribution in [0.2, 0.25) is 5.02 Å². The molecule has 1 amide bonds. The molecule has 2 aromatic rings. The largest absolute Gasteiger partial charge is 0.495 e. The number of carbonyl (C=O) groups is 1. The standard InChI is InChI=1S/C16H18ClN5O2/c1-24-14-3-2-12(10-13(14)17)19-16-18-5-4-15(20-16)22-8-6-21(11-23)7-9-22/h2-5,10-11H,6-9H2,1H3,(H,18,19,20). The van der Waals surface area contributed by atoms with Crippen molar-refractivity contribution in [2.75, 3.05) is 43.5 Å². The lowest BCUT2D eigenvalue weighted by molar-refractivity contribution is -0.118. The van der Waals surface area contributed by atoms with Crippen LogP contribution in [0.1, 0.15) is 0 Å². The molecule has 0 bridgehead atoms. The minimum Gasteiger partial charge on any atom is -0.495 e. The zero-order chi connectivity index (χ0) is 16.9. The number of ether oxygens (including phenoxy) is 1. The maximum atomic E-state index is 10.8. The molecule has 2 heterocycles. The van der Waals surface area contributed by atoms with Crippen molar-refractivity contribution in [2.24, 2.45) is 0 Å². The van der Waals surface area contributed by atoms with E-state index in [1.54, 1.807) is 30.3 Å². The smallest absolute Gasteiger partial charge is 0.229 e. The average Bonchev–Trinajstić information content (AvgIpc) is 2.62. The quantitative estimate of drug-likeness (QED) is 0.836. The fourth-order valence-corrected chi connectivity index (χ4v) is 2.77. The first-order chi connectivity index (χ1) is 11.7. The molecule has 0 atom stereocenters. The van der Waals surface area contributed by atoms with Gasteiger partial charge in [0.05, 0.1) is 12.1 Å². The molecule has 1 N–H and O–H groups in total. The van der Waals surface area contributed by atoms with E-state index >= 15 is 0 Å². The number of methoxy groups -OCH3 is 1. The molecule has 0 saturated carbocycles. The molecule has 3 rings (SSSR count). The Labute approximate surface area is 145 Å². The molecule has 0 unspecified atom stereocenters. The van der Waals surface area contributed by atoms with Crippen molar-refractivity contribution in [1.29, 1.82) is 0 Å². The summed E-state index contributed by atoms with van der Waals surface area (Å²) in [6.07, 6.45) is 2.60. The number of hydrogen-bond donors (Lipinski definition) is 1. The Morgan fingerprint density at radius 2 is 2.04 bits per heavy atom. The number of carbonyl (C=O) groups excluding carboxylic acids is 1. The van der Waals surface area contributed by atoms with Crippen LogP contribution in [0.4, 0.5) is 17.5 Å². The number of benzene rings is 1. The third-order valence-electron chi connectivity index (χ3n) is 3.84. The van der Waals surface area contributed by atoms with Crippen LogP contribution < -0.4 is 15.0 Å². The molecular weight excluding hydrogens is 330 g/mol. The summed E-state index contributed by atoms with van der Waals surface area (Å²) in [6, 6.07) is 7.26. The van der Waals surface area contributed by atoms with E-state index in [0.717, 1.165) is 31.0 Å². The van der Waals surface area contributed by atoms with Crippen LogP contribution in [0, 0.1) is 0 Å². The molecule has 1 saturated heterocycles. The van der Waals surface area contributed by atoms with Crippen molar-refractivity contribution in [3.63, 3.8) is 0 Å². The Kier molecular flexibility index (Phi) is 5.00. The molecule has 0 aliphatic carbocycles. The van der Waals surface area contributed by atoms with Crippen LogP contribution in [0.15, 0.2) is 30.5 Å². The van der Waals surface area contributed by atoms with Gasteiger partial charge in [-0.25, -0.2) is 4.98 Å². The number of rotatable bonds is 5.